The quantitative estimate of drug-likeness (QED) is 0.515. The van der Waals surface area contributed by atoms with Gasteiger partial charge < -0.3 is 5.73 Å². The predicted octanol–water partition coefficient (Wildman–Crippen LogP) is 8.05. The number of nitrogens with two attached hydrogens (primary N) is 1. The highest BCUT2D eigenvalue weighted by atomic mass is 14.6. The molecule has 0 amide bonds. The summed E-state index contributed by atoms with van der Waals surface area (Å²) in [5, 5.41) is 0. The smallest absolute Gasteiger partial charge is 0.0317 e. The lowest BCUT2D eigenvalue weighted by Gasteiger charge is -2.36. The van der Waals surface area contributed by atoms with Crippen LogP contribution in [0.5, 0.6) is 0 Å². The Balaban J connectivity index is 0.000000222. The molecule has 1 nitrogen and oxygen atoms in total. The molecule has 168 valence electrons. The van der Waals surface area contributed by atoms with Crippen LogP contribution in [0.1, 0.15) is 63.6 Å². The molecule has 0 aliphatic heterocycles. The minimum Gasteiger partial charge on any atom is -0.399 e. The molecule has 2 unspecified atom stereocenters. The first-order chi connectivity index (χ1) is 15.4. The van der Waals surface area contributed by atoms with Crippen molar-refractivity contribution in [2.45, 2.75) is 59.8 Å². The molecule has 0 radical (unpaired) electrons. The summed E-state index contributed by atoms with van der Waals surface area (Å²) in [6.07, 6.45) is 13.0. The Morgan fingerprint density at radius 1 is 1.12 bits per heavy atom. The van der Waals surface area contributed by atoms with Gasteiger partial charge in [-0.3, -0.25) is 0 Å². The van der Waals surface area contributed by atoms with Crippen molar-refractivity contribution in [3.05, 3.63) is 113 Å². The summed E-state index contributed by atoms with van der Waals surface area (Å²) < 4.78 is 0. The largest absolute Gasteiger partial charge is 0.399 e. The first kappa shape index (κ1) is 23.9. The van der Waals surface area contributed by atoms with E-state index < -0.39 is 0 Å². The van der Waals surface area contributed by atoms with Crippen LogP contribution in [0.3, 0.4) is 0 Å². The number of rotatable bonds is 5. The summed E-state index contributed by atoms with van der Waals surface area (Å²) in [7, 11) is 0. The fourth-order valence-electron chi connectivity index (χ4n) is 5.12. The van der Waals surface area contributed by atoms with Crippen molar-refractivity contribution in [1.82, 2.24) is 0 Å². The van der Waals surface area contributed by atoms with Gasteiger partial charge in [0.2, 0.25) is 0 Å². The summed E-state index contributed by atoms with van der Waals surface area (Å²) in [5.74, 6) is 0.808. The summed E-state index contributed by atoms with van der Waals surface area (Å²) in [6, 6.07) is 18.9. The monoisotopic (exact) mass is 425 g/mol. The summed E-state index contributed by atoms with van der Waals surface area (Å²) >= 11 is 0. The third-order valence-electron chi connectivity index (χ3n) is 7.34. The second-order valence-electron chi connectivity index (χ2n) is 9.45. The minimum atomic E-state index is 0.398. The second kappa shape index (κ2) is 10.7. The van der Waals surface area contributed by atoms with E-state index in [0.717, 1.165) is 24.3 Å². The summed E-state index contributed by atoms with van der Waals surface area (Å²) in [6.45, 7) is 12.9. The van der Waals surface area contributed by atoms with Crippen molar-refractivity contribution in [3.63, 3.8) is 0 Å². The number of hydrogen-bond donors (Lipinski definition) is 1. The normalized spacial score (nSPS) is 22.2. The molecule has 1 saturated carbocycles. The van der Waals surface area contributed by atoms with E-state index >= 15 is 0 Å². The molecule has 1 fully saturated rings. The first-order valence-electron chi connectivity index (χ1n) is 12.0. The van der Waals surface area contributed by atoms with Crippen LogP contribution in [0.15, 0.2) is 96.1 Å². The zero-order valence-electron chi connectivity index (χ0n) is 20.3. The fourth-order valence-corrected chi connectivity index (χ4v) is 5.12. The highest BCUT2D eigenvalue weighted by molar-refractivity contribution is 5.63. The Labute approximate surface area is 195 Å². The lowest BCUT2D eigenvalue weighted by Crippen LogP contribution is -2.25. The van der Waals surface area contributed by atoms with Crippen LogP contribution < -0.4 is 5.73 Å². The topological polar surface area (TPSA) is 26.0 Å². The molecule has 2 atom stereocenters. The van der Waals surface area contributed by atoms with Crippen molar-refractivity contribution < 1.29 is 0 Å². The molecular formula is C31H39N. The van der Waals surface area contributed by atoms with Crippen LogP contribution in [0.2, 0.25) is 0 Å². The third-order valence-corrected chi connectivity index (χ3v) is 7.34. The van der Waals surface area contributed by atoms with Gasteiger partial charge >= 0.3 is 0 Å². The summed E-state index contributed by atoms with van der Waals surface area (Å²) in [4.78, 5) is 0. The maximum absolute atomic E-state index is 5.60. The maximum Gasteiger partial charge on any atom is 0.0317 e. The van der Waals surface area contributed by atoms with Crippen molar-refractivity contribution >= 4 is 5.70 Å². The van der Waals surface area contributed by atoms with Crippen LogP contribution in [0, 0.1) is 11.3 Å². The lowest BCUT2D eigenvalue weighted by atomic mass is 9.68. The molecule has 2 aliphatic rings. The molecule has 0 heterocycles. The highest BCUT2D eigenvalue weighted by Gasteiger charge is 2.42. The number of allylic oxidation sites excluding steroid dienone is 6. The molecule has 1 heteroatoms. The third kappa shape index (κ3) is 5.33. The van der Waals surface area contributed by atoms with Crippen LogP contribution >= 0.6 is 0 Å². The van der Waals surface area contributed by atoms with Gasteiger partial charge in [0.1, 0.15) is 0 Å². The van der Waals surface area contributed by atoms with Gasteiger partial charge in [0.05, 0.1) is 0 Å². The van der Waals surface area contributed by atoms with E-state index in [4.69, 9.17) is 5.73 Å². The Hall–Kier alpha value is -2.80. The standard InChI is InChI=1S/C21H26.C10H13N/c1-4-8-18-15-21(3)16(2)11-12-20(21)14-19(18)13-17-9-6-5-7-10-17;1-3-9-6-4-5-7-10(9)8(2)11/h4-10,14,16H,11-13,15H2,1-3H3;4-7H,2-3,11H2,1H3/b8-4-;. The number of hydrogen-bond acceptors (Lipinski definition) is 1. The van der Waals surface area contributed by atoms with Gasteiger partial charge in [0, 0.05) is 5.70 Å². The lowest BCUT2D eigenvalue weighted by molar-refractivity contribution is 0.292. The highest BCUT2D eigenvalue weighted by Crippen LogP contribution is 2.54. The van der Waals surface area contributed by atoms with E-state index in [9.17, 15) is 0 Å². The van der Waals surface area contributed by atoms with Crippen LogP contribution in [0.25, 0.3) is 5.70 Å². The Morgan fingerprint density at radius 2 is 1.81 bits per heavy atom. The van der Waals surface area contributed by atoms with Crippen molar-refractivity contribution in [2.75, 3.05) is 0 Å². The van der Waals surface area contributed by atoms with Crippen molar-refractivity contribution in [3.8, 4) is 0 Å². The van der Waals surface area contributed by atoms with Gasteiger partial charge in [-0.15, -0.1) is 0 Å². The number of aryl methyl sites for hydroxylation is 1. The van der Waals surface area contributed by atoms with E-state index in [1.54, 1.807) is 11.1 Å². The summed E-state index contributed by atoms with van der Waals surface area (Å²) in [5.41, 5.74) is 15.2. The van der Waals surface area contributed by atoms with Crippen LogP contribution in [0.4, 0.5) is 0 Å². The molecule has 2 aliphatic carbocycles. The molecule has 2 N–H and O–H groups in total. The molecule has 0 saturated heterocycles. The van der Waals surface area contributed by atoms with Crippen molar-refractivity contribution in [1.29, 1.82) is 0 Å². The number of fused-ring (bicyclic) bond motifs is 1. The van der Waals surface area contributed by atoms with Crippen LogP contribution in [-0.2, 0) is 12.8 Å². The zero-order chi connectivity index (χ0) is 23.1. The average Bonchev–Trinajstić information content (AvgIpc) is 3.09. The van der Waals surface area contributed by atoms with Gasteiger partial charge in [-0.25, -0.2) is 0 Å². The molecule has 0 spiro atoms. The molecule has 32 heavy (non-hydrogen) atoms. The van der Waals surface area contributed by atoms with Gasteiger partial charge in [-0.2, -0.15) is 0 Å². The molecule has 0 bridgehead atoms. The molecule has 4 rings (SSSR count). The Morgan fingerprint density at radius 3 is 2.44 bits per heavy atom. The molecule has 2 aromatic rings. The second-order valence-corrected chi connectivity index (χ2v) is 9.45. The number of benzene rings is 2. The molecule has 0 aromatic heterocycles. The Bertz CT molecular complexity index is 1020. The van der Waals surface area contributed by atoms with E-state index in [-0.39, 0.29) is 0 Å². The van der Waals surface area contributed by atoms with Gasteiger partial charge in [0.25, 0.3) is 0 Å². The molecule has 2 aromatic carbocycles. The van der Waals surface area contributed by atoms with Gasteiger partial charge in [-0.05, 0) is 78.2 Å². The van der Waals surface area contributed by atoms with Crippen molar-refractivity contribution in [2.24, 2.45) is 17.1 Å². The SMILES string of the molecule is C/C=C\C1=C(Cc2ccccc2)C=C2CCC(C)C2(C)C1.C=C(N)c1ccccc1CC. The average molecular weight is 426 g/mol. The van der Waals surface area contributed by atoms with E-state index in [1.807, 2.05) is 18.2 Å². The van der Waals surface area contributed by atoms with E-state index in [2.05, 4.69) is 88.9 Å². The van der Waals surface area contributed by atoms with E-state index in [0.29, 0.717) is 11.1 Å². The van der Waals surface area contributed by atoms with Gasteiger partial charge in [0.15, 0.2) is 0 Å². The van der Waals surface area contributed by atoms with E-state index in [1.165, 1.54) is 36.0 Å². The molecular weight excluding hydrogens is 386 g/mol. The fraction of sp³-hybridized carbons (Fsp3) is 0.355. The van der Waals surface area contributed by atoms with Crippen LogP contribution in [-0.4, -0.2) is 0 Å². The Kier molecular flexibility index (Phi) is 7.96. The maximum atomic E-state index is 5.60. The minimum absolute atomic E-state index is 0.398. The van der Waals surface area contributed by atoms with Gasteiger partial charge in [-0.1, -0.05) is 106 Å². The zero-order valence-corrected chi connectivity index (χ0v) is 20.3. The predicted molar refractivity (Wildman–Crippen MR) is 140 cm³/mol. The first-order valence-corrected chi connectivity index (χ1v) is 12.0.